The molecule has 8 heteroatoms. The number of pyridine rings is 1. The Kier molecular flexibility index (Phi) is 5.23. The first-order chi connectivity index (χ1) is 13.8. The number of carbonyl (C=O) groups is 1. The van der Waals surface area contributed by atoms with E-state index in [-0.39, 0.29) is 34.4 Å². The molecule has 2 aliphatic rings. The quantitative estimate of drug-likeness (QED) is 0.755. The lowest BCUT2D eigenvalue weighted by Gasteiger charge is -2.43. The molecule has 4 rings (SSSR count). The maximum absolute atomic E-state index is 13.1. The van der Waals surface area contributed by atoms with Crippen LogP contribution in [0.2, 0.25) is 0 Å². The minimum absolute atomic E-state index is 0.0802. The third kappa shape index (κ3) is 3.82. The maximum atomic E-state index is 13.1. The van der Waals surface area contributed by atoms with E-state index in [9.17, 15) is 22.8 Å². The van der Waals surface area contributed by atoms with E-state index >= 15 is 0 Å². The van der Waals surface area contributed by atoms with E-state index in [0.717, 1.165) is 24.2 Å². The van der Waals surface area contributed by atoms with Gasteiger partial charge >= 0.3 is 6.18 Å². The lowest BCUT2D eigenvalue weighted by atomic mass is 9.82. The molecular formula is C21H21F3N2O2S. The second kappa shape index (κ2) is 7.55. The summed E-state index contributed by atoms with van der Waals surface area (Å²) in [7, 11) is 0. The monoisotopic (exact) mass is 422 g/mol. The number of hydrogen-bond acceptors (Lipinski definition) is 3. The van der Waals surface area contributed by atoms with E-state index in [1.165, 1.54) is 23.9 Å². The first-order valence-electron chi connectivity index (χ1n) is 9.46. The highest BCUT2D eigenvalue weighted by molar-refractivity contribution is 7.99. The molecule has 154 valence electrons. The Labute approximate surface area is 170 Å². The molecule has 0 spiro atoms. The van der Waals surface area contributed by atoms with Crippen LogP contribution in [-0.4, -0.2) is 40.5 Å². The number of halogens is 3. The molecule has 2 bridgehead atoms. The summed E-state index contributed by atoms with van der Waals surface area (Å²) in [5.74, 6) is 0.822. The summed E-state index contributed by atoms with van der Waals surface area (Å²) in [6, 6.07) is 8.34. The van der Waals surface area contributed by atoms with Crippen LogP contribution in [0, 0.1) is 5.92 Å². The van der Waals surface area contributed by atoms with Crippen molar-refractivity contribution in [2.45, 2.75) is 25.1 Å². The molecule has 1 aromatic carbocycles. The fourth-order valence-electron chi connectivity index (χ4n) is 4.45. The van der Waals surface area contributed by atoms with E-state index in [4.69, 9.17) is 0 Å². The van der Waals surface area contributed by atoms with Crippen molar-refractivity contribution in [3.8, 4) is 11.1 Å². The maximum Gasteiger partial charge on any atom is 0.416 e. The Morgan fingerprint density at radius 1 is 1.17 bits per heavy atom. The van der Waals surface area contributed by atoms with Crippen LogP contribution < -0.4 is 5.56 Å². The number of thioether (sulfide) groups is 1. The zero-order chi connectivity index (χ0) is 20.8. The van der Waals surface area contributed by atoms with Gasteiger partial charge in [0, 0.05) is 36.8 Å². The van der Waals surface area contributed by atoms with Crippen LogP contribution in [0.15, 0.2) is 41.2 Å². The number of carbonyl (C=O) groups excluding carboxylic acids is 1. The number of aromatic nitrogens is 1. The number of amides is 1. The molecule has 0 saturated carbocycles. The van der Waals surface area contributed by atoms with Crippen LogP contribution in [-0.2, 0) is 17.5 Å². The molecule has 1 fully saturated rings. The molecule has 2 atom stereocenters. The van der Waals surface area contributed by atoms with Crippen molar-refractivity contribution in [1.82, 2.24) is 9.47 Å². The third-order valence-electron chi connectivity index (χ3n) is 5.73. The fourth-order valence-corrected chi connectivity index (χ4v) is 4.88. The number of nitrogens with zero attached hydrogens (tertiary/aromatic N) is 2. The molecule has 29 heavy (non-hydrogen) atoms. The predicted octanol–water partition coefficient (Wildman–Crippen LogP) is 3.84. The standard InChI is InChI=1S/C21H21F3N2O2S/c1-29-12-19(27)25-9-13-7-15(11-25)18-6-5-17(20(28)26(18)10-13)14-3-2-4-16(8-14)21(22,23)24/h2-6,8,13,15H,7,9-12H2,1H3. The van der Waals surface area contributed by atoms with Crippen LogP contribution in [0.3, 0.4) is 0 Å². The van der Waals surface area contributed by atoms with Crippen LogP contribution in [0.4, 0.5) is 13.2 Å². The highest BCUT2D eigenvalue weighted by atomic mass is 32.2. The van der Waals surface area contributed by atoms with Gasteiger partial charge in [0.05, 0.1) is 11.3 Å². The van der Waals surface area contributed by atoms with Crippen molar-refractivity contribution in [2.75, 3.05) is 25.1 Å². The Hall–Kier alpha value is -2.22. The second-order valence-corrected chi connectivity index (χ2v) is 8.56. The van der Waals surface area contributed by atoms with Gasteiger partial charge in [0.15, 0.2) is 0 Å². The smallest absolute Gasteiger partial charge is 0.341 e. The highest BCUT2D eigenvalue weighted by Gasteiger charge is 2.36. The molecule has 0 aliphatic carbocycles. The summed E-state index contributed by atoms with van der Waals surface area (Å²) in [5.41, 5.74) is 0.378. The largest absolute Gasteiger partial charge is 0.416 e. The van der Waals surface area contributed by atoms with Crippen LogP contribution in [0.5, 0.6) is 0 Å². The molecule has 1 aromatic heterocycles. The van der Waals surface area contributed by atoms with Crippen molar-refractivity contribution in [1.29, 1.82) is 0 Å². The molecule has 0 radical (unpaired) electrons. The summed E-state index contributed by atoms with van der Waals surface area (Å²) < 4.78 is 40.9. The van der Waals surface area contributed by atoms with E-state index in [0.29, 0.717) is 25.4 Å². The SMILES string of the molecule is CSCC(=O)N1CC2CC(C1)c1ccc(-c3cccc(C(F)(F)F)c3)c(=O)n1C2. The van der Waals surface area contributed by atoms with Gasteiger partial charge in [0.2, 0.25) is 5.91 Å². The van der Waals surface area contributed by atoms with Gasteiger partial charge < -0.3 is 9.47 Å². The van der Waals surface area contributed by atoms with Gasteiger partial charge in [-0.15, -0.1) is 0 Å². The summed E-state index contributed by atoms with van der Waals surface area (Å²) in [5, 5.41) is 0. The van der Waals surface area contributed by atoms with Crippen molar-refractivity contribution in [2.24, 2.45) is 5.92 Å². The second-order valence-electron chi connectivity index (χ2n) is 7.70. The highest BCUT2D eigenvalue weighted by Crippen LogP contribution is 2.36. The minimum Gasteiger partial charge on any atom is -0.341 e. The van der Waals surface area contributed by atoms with E-state index < -0.39 is 11.7 Å². The molecular weight excluding hydrogens is 401 g/mol. The number of alkyl halides is 3. The summed E-state index contributed by atoms with van der Waals surface area (Å²) in [6.07, 6.45) is -1.64. The first kappa shape index (κ1) is 20.1. The normalized spacial score (nSPS) is 21.0. The van der Waals surface area contributed by atoms with Gasteiger partial charge in [-0.2, -0.15) is 24.9 Å². The topological polar surface area (TPSA) is 42.3 Å². The first-order valence-corrected chi connectivity index (χ1v) is 10.9. The summed E-state index contributed by atoms with van der Waals surface area (Å²) in [4.78, 5) is 27.3. The number of piperidine rings is 1. The van der Waals surface area contributed by atoms with Gasteiger partial charge in [0.1, 0.15) is 0 Å². The molecule has 0 N–H and O–H groups in total. The Balaban J connectivity index is 1.69. The van der Waals surface area contributed by atoms with Crippen LogP contribution in [0.25, 0.3) is 11.1 Å². The number of hydrogen-bond donors (Lipinski definition) is 0. The molecule has 3 heterocycles. The van der Waals surface area contributed by atoms with Crippen LogP contribution in [0.1, 0.15) is 23.6 Å². The van der Waals surface area contributed by atoms with Gasteiger partial charge in [0.25, 0.3) is 5.56 Å². The Morgan fingerprint density at radius 2 is 1.97 bits per heavy atom. The van der Waals surface area contributed by atoms with Gasteiger partial charge in [-0.05, 0) is 48.4 Å². The third-order valence-corrected chi connectivity index (χ3v) is 6.26. The zero-order valence-electron chi connectivity index (χ0n) is 15.9. The van der Waals surface area contributed by atoms with Gasteiger partial charge in [-0.25, -0.2) is 0 Å². The van der Waals surface area contributed by atoms with E-state index in [1.807, 2.05) is 17.2 Å². The number of rotatable bonds is 3. The molecule has 4 nitrogen and oxygen atoms in total. The molecule has 1 saturated heterocycles. The molecule has 1 amide bonds. The lowest BCUT2D eigenvalue weighted by Crippen LogP contribution is -2.49. The van der Waals surface area contributed by atoms with Crippen molar-refractivity contribution >= 4 is 17.7 Å². The molecule has 2 unspecified atom stereocenters. The van der Waals surface area contributed by atoms with Gasteiger partial charge in [-0.3, -0.25) is 9.59 Å². The van der Waals surface area contributed by atoms with Crippen molar-refractivity contribution in [3.05, 3.63) is 58.0 Å². The predicted molar refractivity (Wildman–Crippen MR) is 107 cm³/mol. The fraction of sp³-hybridized carbons (Fsp3) is 0.429. The van der Waals surface area contributed by atoms with Crippen molar-refractivity contribution in [3.63, 3.8) is 0 Å². The lowest BCUT2D eigenvalue weighted by molar-refractivity contribution is -0.137. The number of fused-ring (bicyclic) bond motifs is 4. The summed E-state index contributed by atoms with van der Waals surface area (Å²) in [6.45, 7) is 1.69. The summed E-state index contributed by atoms with van der Waals surface area (Å²) >= 11 is 1.50. The molecule has 2 aromatic rings. The average molecular weight is 422 g/mol. The Bertz CT molecular complexity index is 1000. The number of likely N-dealkylation sites (tertiary alicyclic amines) is 1. The van der Waals surface area contributed by atoms with E-state index in [1.54, 1.807) is 10.6 Å². The Morgan fingerprint density at radius 3 is 2.69 bits per heavy atom. The number of benzene rings is 1. The van der Waals surface area contributed by atoms with E-state index in [2.05, 4.69) is 0 Å². The molecule has 2 aliphatic heterocycles. The van der Waals surface area contributed by atoms with Crippen LogP contribution >= 0.6 is 11.8 Å². The zero-order valence-corrected chi connectivity index (χ0v) is 16.7. The van der Waals surface area contributed by atoms with Crippen molar-refractivity contribution < 1.29 is 18.0 Å². The average Bonchev–Trinajstić information content (AvgIpc) is 2.68. The van der Waals surface area contributed by atoms with Gasteiger partial charge in [-0.1, -0.05) is 12.1 Å². The minimum atomic E-state index is -4.45.